The van der Waals surface area contributed by atoms with E-state index in [-0.39, 0.29) is 23.9 Å². The number of amides is 1. The van der Waals surface area contributed by atoms with Crippen molar-refractivity contribution in [3.63, 3.8) is 0 Å². The second-order valence-corrected chi connectivity index (χ2v) is 5.24. The molecule has 16 heavy (non-hydrogen) atoms. The number of nitrogens with one attached hydrogen (secondary N) is 2. The average Bonchev–Trinajstić information content (AvgIpc) is 1.98. The van der Waals surface area contributed by atoms with Crippen molar-refractivity contribution in [2.24, 2.45) is 5.92 Å². The second-order valence-electron chi connectivity index (χ2n) is 5.24. The summed E-state index contributed by atoms with van der Waals surface area (Å²) in [5.74, 6) is -1.18. The molecule has 0 aliphatic carbocycles. The Kier molecular flexibility index (Phi) is 5.44. The molecule has 0 spiro atoms. The van der Waals surface area contributed by atoms with Gasteiger partial charge < -0.3 is 10.4 Å². The summed E-state index contributed by atoms with van der Waals surface area (Å²) in [6, 6.07) is -0.689. The molecule has 0 aromatic carbocycles. The predicted molar refractivity (Wildman–Crippen MR) is 62.2 cm³/mol. The molecule has 0 saturated heterocycles. The van der Waals surface area contributed by atoms with E-state index in [2.05, 4.69) is 10.6 Å². The molecule has 0 rings (SSSR count). The van der Waals surface area contributed by atoms with Gasteiger partial charge in [-0.05, 0) is 26.7 Å². The molecular formula is C11H22N2O3. The van der Waals surface area contributed by atoms with E-state index in [9.17, 15) is 9.59 Å². The molecule has 0 aliphatic heterocycles. The van der Waals surface area contributed by atoms with Gasteiger partial charge in [-0.15, -0.1) is 0 Å². The molecule has 94 valence electrons. The molecule has 0 heterocycles. The summed E-state index contributed by atoms with van der Waals surface area (Å²) < 4.78 is 0. The fourth-order valence-electron chi connectivity index (χ4n) is 1.27. The molecule has 0 radical (unpaired) electrons. The van der Waals surface area contributed by atoms with Crippen LogP contribution in [0, 0.1) is 5.92 Å². The van der Waals surface area contributed by atoms with Crippen LogP contribution in [0.4, 0.5) is 0 Å². The number of carboxylic acid groups (broad SMARTS) is 1. The molecule has 0 aliphatic rings. The second kappa shape index (κ2) is 5.84. The highest BCUT2D eigenvalue weighted by Gasteiger charge is 2.22. The van der Waals surface area contributed by atoms with Gasteiger partial charge in [0.2, 0.25) is 5.91 Å². The molecule has 1 unspecified atom stereocenters. The van der Waals surface area contributed by atoms with Crippen molar-refractivity contribution < 1.29 is 14.7 Å². The largest absolute Gasteiger partial charge is 0.480 e. The highest BCUT2D eigenvalue weighted by molar-refractivity contribution is 5.80. The lowest BCUT2D eigenvalue weighted by atomic mass is 10.0. The van der Waals surface area contributed by atoms with Crippen molar-refractivity contribution in [2.75, 3.05) is 6.54 Å². The van der Waals surface area contributed by atoms with E-state index < -0.39 is 12.0 Å². The van der Waals surface area contributed by atoms with Crippen molar-refractivity contribution in [2.45, 2.75) is 46.2 Å². The number of hydrogen-bond acceptors (Lipinski definition) is 3. The van der Waals surface area contributed by atoms with Gasteiger partial charge in [0, 0.05) is 5.54 Å². The minimum Gasteiger partial charge on any atom is -0.480 e. The third-order valence-electron chi connectivity index (χ3n) is 1.93. The van der Waals surface area contributed by atoms with Crippen LogP contribution in [0.25, 0.3) is 0 Å². The van der Waals surface area contributed by atoms with Crippen LogP contribution in [0.5, 0.6) is 0 Å². The first kappa shape index (κ1) is 14.9. The van der Waals surface area contributed by atoms with Crippen LogP contribution in [0.1, 0.15) is 34.6 Å². The molecule has 5 heteroatoms. The molecule has 1 atom stereocenters. The lowest BCUT2D eigenvalue weighted by Crippen LogP contribution is -2.49. The van der Waals surface area contributed by atoms with Crippen molar-refractivity contribution in [3.05, 3.63) is 0 Å². The molecule has 5 nitrogen and oxygen atoms in total. The summed E-state index contributed by atoms with van der Waals surface area (Å²) in [7, 11) is 0. The van der Waals surface area contributed by atoms with E-state index in [4.69, 9.17) is 5.11 Å². The van der Waals surface area contributed by atoms with Crippen LogP contribution in [0.15, 0.2) is 0 Å². The Morgan fingerprint density at radius 3 is 2.06 bits per heavy atom. The Morgan fingerprint density at radius 2 is 1.75 bits per heavy atom. The van der Waals surface area contributed by atoms with Crippen molar-refractivity contribution in [1.29, 1.82) is 0 Å². The van der Waals surface area contributed by atoms with Gasteiger partial charge in [0.1, 0.15) is 6.04 Å². The van der Waals surface area contributed by atoms with Crippen LogP contribution in [0.3, 0.4) is 0 Å². The summed E-state index contributed by atoms with van der Waals surface area (Å²) in [6.07, 6.45) is 0. The highest BCUT2D eigenvalue weighted by Crippen LogP contribution is 2.01. The molecule has 0 saturated carbocycles. The van der Waals surface area contributed by atoms with Gasteiger partial charge in [-0.1, -0.05) is 13.8 Å². The number of aliphatic carboxylic acids is 1. The maximum atomic E-state index is 11.4. The summed E-state index contributed by atoms with van der Waals surface area (Å²) in [5.41, 5.74) is -0.296. The van der Waals surface area contributed by atoms with E-state index in [0.29, 0.717) is 0 Å². The van der Waals surface area contributed by atoms with Gasteiger partial charge in [0.25, 0.3) is 0 Å². The molecule has 0 fully saturated rings. The zero-order valence-electron chi connectivity index (χ0n) is 10.6. The fourth-order valence-corrected chi connectivity index (χ4v) is 1.27. The topological polar surface area (TPSA) is 78.4 Å². The average molecular weight is 230 g/mol. The smallest absolute Gasteiger partial charge is 0.320 e. The first-order valence-corrected chi connectivity index (χ1v) is 5.40. The standard InChI is InChI=1S/C11H22N2O3/c1-7(2)9(10(15)16)12-6-8(14)13-11(3,4)5/h7,9,12H,6H2,1-5H3,(H,13,14)(H,15,16). The minimum atomic E-state index is -0.932. The van der Waals surface area contributed by atoms with Crippen LogP contribution in [0.2, 0.25) is 0 Å². The normalized spacial score (nSPS) is 13.6. The molecule has 1 amide bonds. The first-order valence-electron chi connectivity index (χ1n) is 5.40. The van der Waals surface area contributed by atoms with Gasteiger partial charge in [0.15, 0.2) is 0 Å². The zero-order chi connectivity index (χ0) is 12.9. The molecule has 3 N–H and O–H groups in total. The van der Waals surface area contributed by atoms with Gasteiger partial charge in [-0.25, -0.2) is 0 Å². The number of carboxylic acids is 1. The Morgan fingerprint density at radius 1 is 1.25 bits per heavy atom. The van der Waals surface area contributed by atoms with Crippen LogP contribution in [-0.4, -0.2) is 35.1 Å². The van der Waals surface area contributed by atoms with E-state index in [1.807, 2.05) is 20.8 Å². The molecule has 0 aromatic rings. The Hall–Kier alpha value is -1.10. The Labute approximate surface area is 96.6 Å². The lowest BCUT2D eigenvalue weighted by Gasteiger charge is -2.22. The summed E-state index contributed by atoms with van der Waals surface area (Å²) in [6.45, 7) is 9.25. The molecule has 0 aromatic heterocycles. The number of hydrogen-bond donors (Lipinski definition) is 3. The highest BCUT2D eigenvalue weighted by atomic mass is 16.4. The quantitative estimate of drug-likeness (QED) is 0.646. The number of carbonyl (C=O) groups is 2. The van der Waals surface area contributed by atoms with Gasteiger partial charge in [0.05, 0.1) is 6.54 Å². The SMILES string of the molecule is CC(C)C(NCC(=O)NC(C)(C)C)C(=O)O. The van der Waals surface area contributed by atoms with Gasteiger partial charge in [-0.2, -0.15) is 0 Å². The summed E-state index contributed by atoms with van der Waals surface area (Å²) in [4.78, 5) is 22.3. The van der Waals surface area contributed by atoms with Crippen molar-refractivity contribution in [1.82, 2.24) is 10.6 Å². The maximum absolute atomic E-state index is 11.4. The van der Waals surface area contributed by atoms with Crippen molar-refractivity contribution in [3.8, 4) is 0 Å². The third-order valence-corrected chi connectivity index (χ3v) is 1.93. The number of rotatable bonds is 5. The fraction of sp³-hybridized carbons (Fsp3) is 0.818. The first-order chi connectivity index (χ1) is 7.13. The van der Waals surface area contributed by atoms with E-state index in [1.54, 1.807) is 13.8 Å². The van der Waals surface area contributed by atoms with Crippen LogP contribution < -0.4 is 10.6 Å². The number of carbonyl (C=O) groups excluding carboxylic acids is 1. The Bertz CT molecular complexity index is 256. The van der Waals surface area contributed by atoms with Crippen LogP contribution >= 0.6 is 0 Å². The summed E-state index contributed by atoms with van der Waals surface area (Å²) >= 11 is 0. The van der Waals surface area contributed by atoms with E-state index in [0.717, 1.165) is 0 Å². The molecule has 0 bridgehead atoms. The maximum Gasteiger partial charge on any atom is 0.320 e. The van der Waals surface area contributed by atoms with E-state index >= 15 is 0 Å². The predicted octanol–water partition coefficient (Wildman–Crippen LogP) is 0.600. The Balaban J connectivity index is 4.12. The molecular weight excluding hydrogens is 208 g/mol. The van der Waals surface area contributed by atoms with Gasteiger partial charge in [-0.3, -0.25) is 14.9 Å². The monoisotopic (exact) mass is 230 g/mol. The van der Waals surface area contributed by atoms with Gasteiger partial charge >= 0.3 is 5.97 Å². The summed E-state index contributed by atoms with van der Waals surface area (Å²) in [5, 5.41) is 14.4. The minimum absolute atomic E-state index is 0.0203. The van der Waals surface area contributed by atoms with Crippen molar-refractivity contribution >= 4 is 11.9 Å². The third kappa shape index (κ3) is 6.40. The zero-order valence-corrected chi connectivity index (χ0v) is 10.6. The lowest BCUT2D eigenvalue weighted by molar-refractivity contribution is -0.140. The van der Waals surface area contributed by atoms with Crippen LogP contribution in [-0.2, 0) is 9.59 Å². The van der Waals surface area contributed by atoms with E-state index in [1.165, 1.54) is 0 Å².